The van der Waals surface area contributed by atoms with Gasteiger partial charge < -0.3 is 4.42 Å². The fourth-order valence-corrected chi connectivity index (χ4v) is 2.31. The van der Waals surface area contributed by atoms with Gasteiger partial charge in [-0.1, -0.05) is 18.2 Å². The van der Waals surface area contributed by atoms with Crippen molar-refractivity contribution in [3.63, 3.8) is 0 Å². The van der Waals surface area contributed by atoms with Gasteiger partial charge in [0, 0.05) is 18.0 Å². The van der Waals surface area contributed by atoms with Crippen LogP contribution in [0.25, 0.3) is 10.9 Å². The average molecular weight is 253 g/mol. The molecule has 2 aromatic heterocycles. The molecule has 0 aliphatic carbocycles. The number of para-hydroxylation sites is 1. The van der Waals surface area contributed by atoms with Gasteiger partial charge in [0.25, 0.3) is 0 Å². The van der Waals surface area contributed by atoms with E-state index in [1.54, 1.807) is 6.26 Å². The highest BCUT2D eigenvalue weighted by atomic mass is 16.3. The van der Waals surface area contributed by atoms with Crippen molar-refractivity contribution < 1.29 is 4.42 Å². The Bertz CT molecular complexity index is 659. The Kier molecular flexibility index (Phi) is 3.27. The maximum Gasteiger partial charge on any atom is 0.105 e. The zero-order valence-corrected chi connectivity index (χ0v) is 10.4. The third-order valence-corrected chi connectivity index (χ3v) is 3.24. The summed E-state index contributed by atoms with van der Waals surface area (Å²) in [6.07, 6.45) is 4.19. The van der Waals surface area contributed by atoms with Gasteiger partial charge in [-0.3, -0.25) is 16.3 Å². The smallest absolute Gasteiger partial charge is 0.105 e. The van der Waals surface area contributed by atoms with Gasteiger partial charge in [-0.25, -0.2) is 0 Å². The third-order valence-electron chi connectivity index (χ3n) is 3.24. The van der Waals surface area contributed by atoms with E-state index in [1.807, 2.05) is 42.6 Å². The maximum atomic E-state index is 5.70. The Labute approximate surface area is 111 Å². The molecule has 3 rings (SSSR count). The second kappa shape index (κ2) is 5.22. The molecule has 0 spiro atoms. The third kappa shape index (κ3) is 2.36. The molecule has 3 N–H and O–H groups in total. The predicted octanol–water partition coefficient (Wildman–Crippen LogP) is 2.57. The molecule has 0 saturated heterocycles. The fraction of sp³-hybridized carbons (Fsp3) is 0.133. The molecule has 19 heavy (non-hydrogen) atoms. The van der Waals surface area contributed by atoms with Crippen molar-refractivity contribution in [3.05, 3.63) is 66.2 Å². The second-order valence-electron chi connectivity index (χ2n) is 4.42. The predicted molar refractivity (Wildman–Crippen MR) is 74.2 cm³/mol. The minimum atomic E-state index is -0.000880. The summed E-state index contributed by atoms with van der Waals surface area (Å²) >= 11 is 0. The summed E-state index contributed by atoms with van der Waals surface area (Å²) in [4.78, 5) is 4.36. The van der Waals surface area contributed by atoms with Crippen molar-refractivity contribution in [3.8, 4) is 0 Å². The maximum absolute atomic E-state index is 5.70. The number of pyridine rings is 1. The first-order chi connectivity index (χ1) is 9.38. The summed E-state index contributed by atoms with van der Waals surface area (Å²) in [7, 11) is 0. The van der Waals surface area contributed by atoms with E-state index >= 15 is 0 Å². The van der Waals surface area contributed by atoms with Crippen LogP contribution in [0.15, 0.2) is 59.3 Å². The number of hydrogen-bond donors (Lipinski definition) is 2. The second-order valence-corrected chi connectivity index (χ2v) is 4.42. The van der Waals surface area contributed by atoms with Gasteiger partial charge in [-0.2, -0.15) is 0 Å². The molecule has 0 saturated carbocycles. The first-order valence-electron chi connectivity index (χ1n) is 6.20. The summed E-state index contributed by atoms with van der Waals surface area (Å²) < 4.78 is 5.39. The molecular weight excluding hydrogens is 238 g/mol. The van der Waals surface area contributed by atoms with E-state index in [-0.39, 0.29) is 6.04 Å². The van der Waals surface area contributed by atoms with Crippen molar-refractivity contribution in [1.82, 2.24) is 10.4 Å². The largest absolute Gasteiger partial charge is 0.469 e. The number of benzene rings is 1. The molecule has 4 nitrogen and oxygen atoms in total. The van der Waals surface area contributed by atoms with Crippen LogP contribution in [0.4, 0.5) is 0 Å². The number of nitrogens with two attached hydrogens (primary N) is 1. The van der Waals surface area contributed by atoms with E-state index in [0.29, 0.717) is 6.42 Å². The number of fused-ring (bicyclic) bond motifs is 1. The van der Waals surface area contributed by atoms with Crippen molar-refractivity contribution in [2.45, 2.75) is 12.5 Å². The number of furan rings is 1. The summed E-state index contributed by atoms with van der Waals surface area (Å²) in [5, 5.41) is 1.11. The molecular formula is C15H15N3O. The lowest BCUT2D eigenvalue weighted by Gasteiger charge is -2.17. The zero-order chi connectivity index (χ0) is 13.1. The number of hydrazine groups is 1. The van der Waals surface area contributed by atoms with Gasteiger partial charge in [0.05, 0.1) is 17.8 Å². The number of nitrogens with one attached hydrogen (secondary N) is 1. The molecule has 0 bridgehead atoms. The van der Waals surface area contributed by atoms with Crippen LogP contribution >= 0.6 is 0 Å². The minimum Gasteiger partial charge on any atom is -0.469 e. The van der Waals surface area contributed by atoms with Crippen LogP contribution < -0.4 is 11.3 Å². The van der Waals surface area contributed by atoms with E-state index in [9.17, 15) is 0 Å². The lowest BCUT2D eigenvalue weighted by atomic mass is 9.99. The van der Waals surface area contributed by atoms with Gasteiger partial charge in [0.15, 0.2) is 0 Å². The standard InChI is InChI=1S/C15H15N3O/c16-18-15(10-11-4-3-9-19-11)13-7-8-17-14-6-2-1-5-12(13)14/h1-9,15,18H,10,16H2. The van der Waals surface area contributed by atoms with Gasteiger partial charge in [0.2, 0.25) is 0 Å². The number of aromatic nitrogens is 1. The van der Waals surface area contributed by atoms with Crippen LogP contribution in [0.2, 0.25) is 0 Å². The van der Waals surface area contributed by atoms with Crippen LogP contribution in [-0.4, -0.2) is 4.98 Å². The van der Waals surface area contributed by atoms with Gasteiger partial charge in [-0.05, 0) is 29.8 Å². The van der Waals surface area contributed by atoms with Crippen LogP contribution in [0.5, 0.6) is 0 Å². The van der Waals surface area contributed by atoms with Gasteiger partial charge >= 0.3 is 0 Å². The molecule has 2 heterocycles. The summed E-state index contributed by atoms with van der Waals surface area (Å²) in [6, 6.07) is 13.9. The van der Waals surface area contributed by atoms with E-state index in [4.69, 9.17) is 10.3 Å². The number of nitrogens with zero attached hydrogens (tertiary/aromatic N) is 1. The summed E-state index contributed by atoms with van der Waals surface area (Å²) in [5.41, 5.74) is 4.96. The number of rotatable bonds is 4. The lowest BCUT2D eigenvalue weighted by Crippen LogP contribution is -2.29. The minimum absolute atomic E-state index is 0.000880. The normalized spacial score (nSPS) is 12.7. The molecule has 3 aromatic rings. The van der Waals surface area contributed by atoms with Crippen LogP contribution in [0.3, 0.4) is 0 Å². The molecule has 0 aliphatic rings. The monoisotopic (exact) mass is 253 g/mol. The van der Waals surface area contributed by atoms with E-state index in [0.717, 1.165) is 22.2 Å². The Morgan fingerprint density at radius 1 is 1.16 bits per heavy atom. The molecule has 0 amide bonds. The summed E-state index contributed by atoms with van der Waals surface area (Å²) in [6.45, 7) is 0. The van der Waals surface area contributed by atoms with E-state index in [2.05, 4.69) is 16.5 Å². The Morgan fingerprint density at radius 3 is 2.84 bits per heavy atom. The topological polar surface area (TPSA) is 64.1 Å². The van der Waals surface area contributed by atoms with Crippen molar-refractivity contribution in [2.75, 3.05) is 0 Å². The average Bonchev–Trinajstić information content (AvgIpc) is 2.97. The van der Waals surface area contributed by atoms with E-state index < -0.39 is 0 Å². The number of hydrogen-bond acceptors (Lipinski definition) is 4. The van der Waals surface area contributed by atoms with Crippen LogP contribution in [0, 0.1) is 0 Å². The highest BCUT2D eigenvalue weighted by Crippen LogP contribution is 2.25. The first-order valence-corrected chi connectivity index (χ1v) is 6.20. The van der Waals surface area contributed by atoms with Gasteiger partial charge in [0.1, 0.15) is 5.76 Å². The van der Waals surface area contributed by atoms with Crippen molar-refractivity contribution >= 4 is 10.9 Å². The quantitative estimate of drug-likeness (QED) is 0.554. The molecule has 1 unspecified atom stereocenters. The molecule has 0 radical (unpaired) electrons. The highest BCUT2D eigenvalue weighted by molar-refractivity contribution is 5.82. The molecule has 0 fully saturated rings. The first kappa shape index (κ1) is 11.9. The molecule has 96 valence electrons. The molecule has 0 aliphatic heterocycles. The van der Waals surface area contributed by atoms with E-state index in [1.165, 1.54) is 0 Å². The zero-order valence-electron chi connectivity index (χ0n) is 10.4. The Morgan fingerprint density at radius 2 is 2.05 bits per heavy atom. The highest BCUT2D eigenvalue weighted by Gasteiger charge is 2.15. The van der Waals surface area contributed by atoms with Crippen LogP contribution in [-0.2, 0) is 6.42 Å². The molecule has 1 atom stereocenters. The van der Waals surface area contributed by atoms with Gasteiger partial charge in [-0.15, -0.1) is 0 Å². The van der Waals surface area contributed by atoms with Crippen molar-refractivity contribution in [2.24, 2.45) is 5.84 Å². The molecule has 1 aromatic carbocycles. The SMILES string of the molecule is NNC(Cc1ccco1)c1ccnc2ccccc12. The Hall–Kier alpha value is -2.17. The Balaban J connectivity index is 2.01. The lowest BCUT2D eigenvalue weighted by molar-refractivity contribution is 0.456. The fourth-order valence-electron chi connectivity index (χ4n) is 2.31. The summed E-state index contributed by atoms with van der Waals surface area (Å²) in [5.74, 6) is 6.61. The van der Waals surface area contributed by atoms with Crippen LogP contribution in [0.1, 0.15) is 17.4 Å². The molecule has 4 heteroatoms. The van der Waals surface area contributed by atoms with Crippen molar-refractivity contribution in [1.29, 1.82) is 0 Å².